The molecule has 0 saturated heterocycles. The molecule has 0 aromatic carbocycles. The number of alkyl halides is 2. The summed E-state index contributed by atoms with van der Waals surface area (Å²) < 4.78 is 27.7. The molecule has 182 valence electrons. The molecule has 3 aromatic heterocycles. The Bertz CT molecular complexity index is 1190. The van der Waals surface area contributed by atoms with Gasteiger partial charge in [-0.25, -0.2) is 18.7 Å². The normalized spacial score (nSPS) is 24.8. The van der Waals surface area contributed by atoms with Crippen molar-refractivity contribution in [3.63, 3.8) is 0 Å². The van der Waals surface area contributed by atoms with E-state index in [1.165, 1.54) is 11.3 Å². The van der Waals surface area contributed by atoms with Crippen molar-refractivity contribution in [1.82, 2.24) is 19.9 Å². The van der Waals surface area contributed by atoms with Gasteiger partial charge in [-0.3, -0.25) is 4.98 Å². The molecule has 4 N–H and O–H groups in total. The Balaban J connectivity index is 1.56. The molecule has 34 heavy (non-hydrogen) atoms. The number of aliphatic hydroxyl groups is 2. The smallest absolute Gasteiger partial charge is 0.244 e. The van der Waals surface area contributed by atoms with Crippen LogP contribution in [0.15, 0.2) is 12.3 Å². The number of halogens is 2. The van der Waals surface area contributed by atoms with Crippen molar-refractivity contribution in [2.45, 2.75) is 70.1 Å². The molecule has 0 spiro atoms. The second-order valence-electron chi connectivity index (χ2n) is 9.09. The second-order valence-corrected chi connectivity index (χ2v) is 10.1. The van der Waals surface area contributed by atoms with E-state index in [-0.39, 0.29) is 6.42 Å². The number of hydrogen-bond acceptors (Lipinski definition) is 9. The molecule has 2 fully saturated rings. The van der Waals surface area contributed by atoms with Gasteiger partial charge in [-0.2, -0.15) is 4.98 Å². The van der Waals surface area contributed by atoms with Gasteiger partial charge in [0.2, 0.25) is 12.4 Å². The molecule has 3 heterocycles. The number of aliphatic hydroxyl groups excluding tert-OH is 2. The van der Waals surface area contributed by atoms with Crippen LogP contribution in [0, 0.1) is 12.8 Å². The largest absolute Gasteiger partial charge is 0.390 e. The lowest BCUT2D eigenvalue weighted by atomic mass is 10.1. The van der Waals surface area contributed by atoms with Crippen molar-refractivity contribution < 1.29 is 19.0 Å². The molecule has 8 nitrogen and oxygen atoms in total. The Labute approximate surface area is 199 Å². The highest BCUT2D eigenvalue weighted by Gasteiger charge is 2.46. The number of nitrogens with one attached hydrogen (secondary N) is 2. The van der Waals surface area contributed by atoms with E-state index in [4.69, 9.17) is 4.98 Å². The molecule has 5 rings (SSSR count). The summed E-state index contributed by atoms with van der Waals surface area (Å²) in [5.41, 5.74) is 3.21. The third kappa shape index (κ3) is 4.32. The Kier molecular flexibility index (Phi) is 6.34. The predicted octanol–water partition coefficient (Wildman–Crippen LogP) is 3.94. The molecule has 0 amide bonds. The van der Waals surface area contributed by atoms with E-state index in [1.807, 2.05) is 19.9 Å². The molecule has 2 saturated carbocycles. The Morgan fingerprint density at radius 1 is 1.18 bits per heavy atom. The fourth-order valence-electron chi connectivity index (χ4n) is 4.52. The second kappa shape index (κ2) is 9.27. The highest BCUT2D eigenvalue weighted by Crippen LogP contribution is 2.44. The lowest BCUT2D eigenvalue weighted by Gasteiger charge is -2.21. The lowest BCUT2D eigenvalue weighted by molar-refractivity contribution is -0.0333. The molecule has 0 radical (unpaired) electrons. The first-order chi connectivity index (χ1) is 16.4. The Morgan fingerprint density at radius 2 is 1.97 bits per heavy atom. The molecule has 0 bridgehead atoms. The van der Waals surface area contributed by atoms with Gasteiger partial charge in [-0.05, 0) is 38.7 Å². The van der Waals surface area contributed by atoms with Gasteiger partial charge in [0.25, 0.3) is 0 Å². The van der Waals surface area contributed by atoms with E-state index in [1.54, 1.807) is 6.20 Å². The van der Waals surface area contributed by atoms with Crippen LogP contribution in [0.2, 0.25) is 0 Å². The van der Waals surface area contributed by atoms with Gasteiger partial charge in [0.15, 0.2) is 0 Å². The van der Waals surface area contributed by atoms with Crippen molar-refractivity contribution in [3.8, 4) is 10.6 Å². The summed E-state index contributed by atoms with van der Waals surface area (Å²) in [6.45, 7) is 4.56. The summed E-state index contributed by atoms with van der Waals surface area (Å²) in [4.78, 5) is 18.7. The number of thiazole rings is 1. The SMILES string of the molecule is CCCNc1nc(C)c(-c2nc3c(C4CC4)nccc3s2)c(N[C@@H]2C[C@H](C(F)F)[C@@H](O)[C@H]2O)n1. The number of fused-ring (bicyclic) bond motifs is 1. The van der Waals surface area contributed by atoms with Gasteiger partial charge in [0, 0.05) is 18.7 Å². The number of rotatable bonds is 8. The maximum Gasteiger partial charge on any atom is 0.244 e. The number of nitrogens with zero attached hydrogens (tertiary/aromatic N) is 4. The van der Waals surface area contributed by atoms with Crippen LogP contribution in [-0.2, 0) is 0 Å². The summed E-state index contributed by atoms with van der Waals surface area (Å²) in [5, 5.41) is 27.6. The predicted molar refractivity (Wildman–Crippen MR) is 127 cm³/mol. The van der Waals surface area contributed by atoms with Crippen molar-refractivity contribution in [2.24, 2.45) is 5.92 Å². The first-order valence-corrected chi connectivity index (χ1v) is 12.5. The van der Waals surface area contributed by atoms with Gasteiger partial charge in [-0.1, -0.05) is 6.92 Å². The Morgan fingerprint density at radius 3 is 2.65 bits per heavy atom. The fourth-order valence-corrected chi connectivity index (χ4v) is 5.59. The summed E-state index contributed by atoms with van der Waals surface area (Å²) in [6.07, 6.45) is -0.730. The van der Waals surface area contributed by atoms with Gasteiger partial charge >= 0.3 is 0 Å². The minimum Gasteiger partial charge on any atom is -0.390 e. The maximum absolute atomic E-state index is 13.4. The number of hydrogen-bond donors (Lipinski definition) is 4. The fraction of sp³-hybridized carbons (Fsp3) is 0.565. The number of aryl methyl sites for hydroxylation is 1. The first-order valence-electron chi connectivity index (χ1n) is 11.7. The van der Waals surface area contributed by atoms with Crippen LogP contribution < -0.4 is 10.6 Å². The summed E-state index contributed by atoms with van der Waals surface area (Å²) in [7, 11) is 0. The van der Waals surface area contributed by atoms with Crippen LogP contribution in [0.5, 0.6) is 0 Å². The van der Waals surface area contributed by atoms with Crippen LogP contribution in [0.4, 0.5) is 20.5 Å². The summed E-state index contributed by atoms with van der Waals surface area (Å²) in [6, 6.07) is 1.16. The molecular weight excluding hydrogens is 462 g/mol. The summed E-state index contributed by atoms with van der Waals surface area (Å²) in [5.74, 6) is -0.0513. The van der Waals surface area contributed by atoms with E-state index in [9.17, 15) is 19.0 Å². The zero-order chi connectivity index (χ0) is 24.0. The number of pyridine rings is 1. The molecule has 0 aliphatic heterocycles. The van der Waals surface area contributed by atoms with Gasteiger partial charge in [0.1, 0.15) is 22.4 Å². The molecule has 4 atom stereocenters. The van der Waals surface area contributed by atoms with E-state index in [0.717, 1.165) is 35.2 Å². The topological polar surface area (TPSA) is 116 Å². The standard InChI is InChI=1S/C23H28F2N6O2S/c1-3-7-27-23-28-10(2)15(21(31-23)29-13-9-12(20(24)25)18(32)19(13)33)22-30-17-14(34-22)6-8-26-16(17)11-4-5-11/h6,8,11-13,18-20,32-33H,3-5,7,9H2,1-2H3,(H2,27,28,29,31)/t12-,13+,18+,19-/m0/s1. The minimum atomic E-state index is -2.72. The highest BCUT2D eigenvalue weighted by molar-refractivity contribution is 7.21. The van der Waals surface area contributed by atoms with Crippen LogP contribution in [0.25, 0.3) is 20.8 Å². The van der Waals surface area contributed by atoms with Gasteiger partial charge in [-0.15, -0.1) is 11.3 Å². The van der Waals surface area contributed by atoms with Crippen molar-refractivity contribution in [1.29, 1.82) is 0 Å². The average molecular weight is 491 g/mol. The van der Waals surface area contributed by atoms with Crippen LogP contribution in [0.1, 0.15) is 49.9 Å². The summed E-state index contributed by atoms with van der Waals surface area (Å²) >= 11 is 1.50. The van der Waals surface area contributed by atoms with E-state index >= 15 is 0 Å². The zero-order valence-corrected chi connectivity index (χ0v) is 19.8. The maximum atomic E-state index is 13.4. The highest BCUT2D eigenvalue weighted by atomic mass is 32.1. The van der Waals surface area contributed by atoms with Crippen molar-refractivity contribution in [2.75, 3.05) is 17.2 Å². The molecule has 0 unspecified atom stereocenters. The van der Waals surface area contributed by atoms with Crippen molar-refractivity contribution >= 4 is 33.3 Å². The van der Waals surface area contributed by atoms with Gasteiger partial charge < -0.3 is 20.8 Å². The quantitative estimate of drug-likeness (QED) is 0.375. The monoisotopic (exact) mass is 490 g/mol. The Hall–Kier alpha value is -2.50. The number of aromatic nitrogens is 4. The molecule has 2 aliphatic carbocycles. The average Bonchev–Trinajstić information content (AvgIpc) is 3.50. The molecule has 3 aromatic rings. The zero-order valence-electron chi connectivity index (χ0n) is 19.0. The third-order valence-corrected chi connectivity index (χ3v) is 7.55. The lowest BCUT2D eigenvalue weighted by Crippen LogP contribution is -2.36. The third-order valence-electron chi connectivity index (χ3n) is 6.51. The van der Waals surface area contributed by atoms with Gasteiger partial charge in [0.05, 0.1) is 39.7 Å². The molecule has 2 aliphatic rings. The molecular formula is C23H28F2N6O2S. The van der Waals surface area contributed by atoms with E-state index in [2.05, 4.69) is 25.6 Å². The van der Waals surface area contributed by atoms with Crippen molar-refractivity contribution in [3.05, 3.63) is 23.7 Å². The van der Waals surface area contributed by atoms with E-state index < -0.39 is 30.6 Å². The molecule has 11 heteroatoms. The van der Waals surface area contributed by atoms with Crippen LogP contribution >= 0.6 is 11.3 Å². The minimum absolute atomic E-state index is 0.0736. The van der Waals surface area contributed by atoms with Crippen LogP contribution in [0.3, 0.4) is 0 Å². The first kappa shape index (κ1) is 23.3. The van der Waals surface area contributed by atoms with E-state index in [0.29, 0.717) is 40.5 Å². The number of anilines is 2. The van der Waals surface area contributed by atoms with Crippen LogP contribution in [-0.4, -0.2) is 61.4 Å².